The standard InChI is InChI=1S/C14H16F2N2O/c15-10-5-9(6-11(16)7-10)14(3-4-14)2-1-12-8-19-13(17)18-12/h5-7,12H,1-4,8H2,(H2,17,18)/t12-/m0/s1. The Labute approximate surface area is 110 Å². The van der Waals surface area contributed by atoms with Gasteiger partial charge in [0.25, 0.3) is 6.02 Å². The molecule has 2 aliphatic rings. The van der Waals surface area contributed by atoms with Crippen molar-refractivity contribution in [2.75, 3.05) is 6.61 Å². The molecule has 3 rings (SSSR count). The van der Waals surface area contributed by atoms with E-state index in [4.69, 9.17) is 10.5 Å². The number of nitrogens with zero attached hydrogens (tertiary/aromatic N) is 1. The minimum absolute atomic E-state index is 0.0736. The fourth-order valence-electron chi connectivity index (χ4n) is 2.72. The number of hydrogen-bond acceptors (Lipinski definition) is 3. The molecule has 1 atom stereocenters. The highest BCUT2D eigenvalue weighted by Gasteiger charge is 2.44. The van der Waals surface area contributed by atoms with Gasteiger partial charge in [0.2, 0.25) is 0 Å². The van der Waals surface area contributed by atoms with Crippen LogP contribution < -0.4 is 5.73 Å². The molecule has 102 valence electrons. The number of rotatable bonds is 4. The van der Waals surface area contributed by atoms with Gasteiger partial charge in [-0.3, -0.25) is 0 Å². The summed E-state index contributed by atoms with van der Waals surface area (Å²) >= 11 is 0. The number of halogens is 2. The largest absolute Gasteiger partial charge is 0.463 e. The lowest BCUT2D eigenvalue weighted by molar-refractivity contribution is 0.302. The zero-order valence-corrected chi connectivity index (χ0v) is 10.5. The normalized spacial score (nSPS) is 23.9. The van der Waals surface area contributed by atoms with Crippen LogP contribution in [-0.2, 0) is 10.2 Å². The molecule has 0 spiro atoms. The predicted molar refractivity (Wildman–Crippen MR) is 67.9 cm³/mol. The monoisotopic (exact) mass is 266 g/mol. The van der Waals surface area contributed by atoms with Crippen molar-refractivity contribution in [3.05, 3.63) is 35.4 Å². The first-order chi connectivity index (χ1) is 9.07. The van der Waals surface area contributed by atoms with Gasteiger partial charge in [0.15, 0.2) is 0 Å². The second kappa shape index (κ2) is 4.47. The van der Waals surface area contributed by atoms with E-state index in [-0.39, 0.29) is 17.5 Å². The van der Waals surface area contributed by atoms with Crippen molar-refractivity contribution in [2.24, 2.45) is 10.7 Å². The first kappa shape index (κ1) is 12.4. The molecule has 1 aliphatic heterocycles. The molecular formula is C14H16F2N2O. The number of nitrogens with two attached hydrogens (primary N) is 1. The van der Waals surface area contributed by atoms with Crippen molar-refractivity contribution in [3.8, 4) is 0 Å². The highest BCUT2D eigenvalue weighted by molar-refractivity contribution is 5.73. The van der Waals surface area contributed by atoms with Crippen LogP contribution in [0.2, 0.25) is 0 Å². The van der Waals surface area contributed by atoms with E-state index in [0.717, 1.165) is 37.3 Å². The van der Waals surface area contributed by atoms with Gasteiger partial charge in [0.05, 0.1) is 6.04 Å². The van der Waals surface area contributed by atoms with Crippen molar-refractivity contribution in [3.63, 3.8) is 0 Å². The molecule has 1 aromatic carbocycles. The SMILES string of the molecule is NC1=N[C@@H](CCC2(c3cc(F)cc(F)c3)CC2)CO1. The Morgan fingerprint density at radius 1 is 1.26 bits per heavy atom. The Bertz CT molecular complexity index is 506. The molecule has 1 aliphatic carbocycles. The average Bonchev–Trinajstić information content (AvgIpc) is 3.03. The van der Waals surface area contributed by atoms with Gasteiger partial charge in [-0.25, -0.2) is 13.8 Å². The van der Waals surface area contributed by atoms with Crippen molar-refractivity contribution in [1.29, 1.82) is 0 Å². The summed E-state index contributed by atoms with van der Waals surface area (Å²) in [5.41, 5.74) is 6.15. The van der Waals surface area contributed by atoms with Gasteiger partial charge < -0.3 is 10.5 Å². The number of amidine groups is 1. The first-order valence-electron chi connectivity index (χ1n) is 6.50. The molecule has 1 aromatic rings. The van der Waals surface area contributed by atoms with Gasteiger partial charge in [-0.1, -0.05) is 0 Å². The zero-order chi connectivity index (χ0) is 13.5. The minimum atomic E-state index is -0.507. The van der Waals surface area contributed by atoms with E-state index >= 15 is 0 Å². The summed E-state index contributed by atoms with van der Waals surface area (Å²) < 4.78 is 31.7. The maximum absolute atomic E-state index is 13.3. The molecule has 0 bridgehead atoms. The summed E-state index contributed by atoms with van der Waals surface area (Å²) in [7, 11) is 0. The molecule has 0 aromatic heterocycles. The molecule has 0 saturated heterocycles. The lowest BCUT2D eigenvalue weighted by atomic mass is 9.89. The Morgan fingerprint density at radius 2 is 1.95 bits per heavy atom. The topological polar surface area (TPSA) is 47.6 Å². The summed E-state index contributed by atoms with van der Waals surface area (Å²) in [5.74, 6) is -1.01. The van der Waals surface area contributed by atoms with Crippen LogP contribution in [0.1, 0.15) is 31.2 Å². The summed E-state index contributed by atoms with van der Waals surface area (Å²) in [5, 5.41) is 0. The van der Waals surface area contributed by atoms with E-state index in [1.54, 1.807) is 0 Å². The second-order valence-electron chi connectivity index (χ2n) is 5.41. The maximum Gasteiger partial charge on any atom is 0.282 e. The van der Waals surface area contributed by atoms with Crippen LogP contribution in [0.4, 0.5) is 8.78 Å². The van der Waals surface area contributed by atoms with Crippen LogP contribution in [0, 0.1) is 11.6 Å². The molecule has 0 amide bonds. The van der Waals surface area contributed by atoms with Gasteiger partial charge in [-0.05, 0) is 48.8 Å². The van der Waals surface area contributed by atoms with E-state index < -0.39 is 11.6 Å². The molecule has 3 nitrogen and oxygen atoms in total. The minimum Gasteiger partial charge on any atom is -0.463 e. The fourth-order valence-corrected chi connectivity index (χ4v) is 2.72. The van der Waals surface area contributed by atoms with Crippen LogP contribution in [0.5, 0.6) is 0 Å². The molecule has 0 unspecified atom stereocenters. The van der Waals surface area contributed by atoms with Crippen LogP contribution in [0.3, 0.4) is 0 Å². The third kappa shape index (κ3) is 2.55. The van der Waals surface area contributed by atoms with E-state index in [1.165, 1.54) is 12.1 Å². The van der Waals surface area contributed by atoms with Crippen molar-refractivity contribution < 1.29 is 13.5 Å². The summed E-state index contributed by atoms with van der Waals surface area (Å²) in [4.78, 5) is 4.17. The smallest absolute Gasteiger partial charge is 0.282 e. The average molecular weight is 266 g/mol. The van der Waals surface area contributed by atoms with Gasteiger partial charge >= 0.3 is 0 Å². The van der Waals surface area contributed by atoms with E-state index in [1.807, 2.05) is 0 Å². The van der Waals surface area contributed by atoms with Gasteiger partial charge in [-0.15, -0.1) is 0 Å². The summed E-state index contributed by atoms with van der Waals surface area (Å²) in [6.07, 6.45) is 3.64. The molecule has 1 fully saturated rings. The summed E-state index contributed by atoms with van der Waals surface area (Å²) in [6.45, 7) is 0.513. The Hall–Kier alpha value is -1.65. The van der Waals surface area contributed by atoms with Crippen molar-refractivity contribution in [1.82, 2.24) is 0 Å². The predicted octanol–water partition coefficient (Wildman–Crippen LogP) is 2.49. The van der Waals surface area contributed by atoms with Gasteiger partial charge in [-0.2, -0.15) is 0 Å². The quantitative estimate of drug-likeness (QED) is 0.910. The molecule has 19 heavy (non-hydrogen) atoms. The highest BCUT2D eigenvalue weighted by atomic mass is 19.1. The fraction of sp³-hybridized carbons (Fsp3) is 0.500. The number of hydrogen-bond donors (Lipinski definition) is 1. The molecule has 1 saturated carbocycles. The number of ether oxygens (including phenoxy) is 1. The number of benzene rings is 1. The van der Waals surface area contributed by atoms with E-state index in [0.29, 0.717) is 6.61 Å². The molecule has 1 heterocycles. The van der Waals surface area contributed by atoms with E-state index in [2.05, 4.69) is 4.99 Å². The molecule has 2 N–H and O–H groups in total. The Balaban J connectivity index is 1.69. The lowest BCUT2D eigenvalue weighted by Gasteiger charge is -2.17. The van der Waals surface area contributed by atoms with Crippen molar-refractivity contribution >= 4 is 6.02 Å². The molecule has 0 radical (unpaired) electrons. The molecular weight excluding hydrogens is 250 g/mol. The first-order valence-corrected chi connectivity index (χ1v) is 6.50. The second-order valence-corrected chi connectivity index (χ2v) is 5.41. The summed E-state index contributed by atoms with van der Waals surface area (Å²) in [6, 6.07) is 4.12. The van der Waals surface area contributed by atoms with Crippen LogP contribution in [-0.4, -0.2) is 18.7 Å². The third-order valence-corrected chi connectivity index (χ3v) is 4.02. The lowest BCUT2D eigenvalue weighted by Crippen LogP contribution is -2.14. The van der Waals surface area contributed by atoms with Crippen LogP contribution >= 0.6 is 0 Å². The number of aliphatic imine (C=N–C) groups is 1. The third-order valence-electron chi connectivity index (χ3n) is 4.02. The Kier molecular flexibility index (Phi) is 2.92. The zero-order valence-electron chi connectivity index (χ0n) is 10.5. The van der Waals surface area contributed by atoms with Gasteiger partial charge in [0.1, 0.15) is 18.2 Å². The van der Waals surface area contributed by atoms with E-state index in [9.17, 15) is 8.78 Å². The Morgan fingerprint density at radius 3 is 2.47 bits per heavy atom. The van der Waals surface area contributed by atoms with Crippen LogP contribution in [0.25, 0.3) is 0 Å². The van der Waals surface area contributed by atoms with Crippen LogP contribution in [0.15, 0.2) is 23.2 Å². The highest BCUT2D eigenvalue weighted by Crippen LogP contribution is 2.52. The van der Waals surface area contributed by atoms with Crippen molar-refractivity contribution in [2.45, 2.75) is 37.1 Å². The maximum atomic E-state index is 13.3. The molecule has 5 heteroatoms. The van der Waals surface area contributed by atoms with Gasteiger partial charge in [0, 0.05) is 6.07 Å².